The lowest BCUT2D eigenvalue weighted by atomic mass is 9.85. The zero-order valence-corrected chi connectivity index (χ0v) is 13.4. The average Bonchev–Trinajstić information content (AvgIpc) is 2.93. The number of rotatable bonds is 7. The average molecular weight is 299 g/mol. The first-order valence-electron chi connectivity index (χ1n) is 8.28. The van der Waals surface area contributed by atoms with E-state index in [2.05, 4.69) is 5.32 Å². The molecule has 1 saturated heterocycles. The smallest absolute Gasteiger partial charge is 0.326 e. The number of carbonyl (C=O) groups is 1. The molecule has 2 atom stereocenters. The molecule has 1 N–H and O–H groups in total. The zero-order valence-electron chi connectivity index (χ0n) is 13.4. The van der Waals surface area contributed by atoms with E-state index in [9.17, 15) is 4.79 Å². The maximum atomic E-state index is 12.3. The molecule has 1 aliphatic heterocycles. The third-order valence-electron chi connectivity index (χ3n) is 4.89. The molecule has 5 nitrogen and oxygen atoms in total. The second kappa shape index (κ2) is 8.11. The molecule has 1 aliphatic carbocycles. The third kappa shape index (κ3) is 3.96. The van der Waals surface area contributed by atoms with E-state index in [1.54, 1.807) is 0 Å². The van der Waals surface area contributed by atoms with Gasteiger partial charge in [0.05, 0.1) is 12.7 Å². The van der Waals surface area contributed by atoms with Crippen LogP contribution in [0.2, 0.25) is 0 Å². The van der Waals surface area contributed by atoms with Gasteiger partial charge in [-0.3, -0.25) is 4.79 Å². The molecular weight excluding hydrogens is 270 g/mol. The predicted molar refractivity (Wildman–Crippen MR) is 80.2 cm³/mol. The van der Waals surface area contributed by atoms with Crippen molar-refractivity contribution in [2.75, 3.05) is 33.5 Å². The van der Waals surface area contributed by atoms with Crippen LogP contribution < -0.4 is 5.32 Å². The molecule has 1 heterocycles. The van der Waals surface area contributed by atoms with Crippen LogP contribution in [-0.2, 0) is 19.0 Å². The molecule has 1 saturated carbocycles. The van der Waals surface area contributed by atoms with Crippen molar-refractivity contribution in [3.8, 4) is 0 Å². The minimum Gasteiger partial charge on any atom is -0.465 e. The van der Waals surface area contributed by atoms with E-state index in [1.165, 1.54) is 0 Å². The molecule has 122 valence electrons. The highest BCUT2D eigenvalue weighted by molar-refractivity contribution is 5.81. The van der Waals surface area contributed by atoms with Gasteiger partial charge >= 0.3 is 5.97 Å². The number of hydrogen-bond donors (Lipinski definition) is 1. The van der Waals surface area contributed by atoms with Crippen molar-refractivity contribution in [1.29, 1.82) is 0 Å². The first-order chi connectivity index (χ1) is 10.2. The van der Waals surface area contributed by atoms with Crippen molar-refractivity contribution in [2.45, 2.75) is 57.1 Å². The summed E-state index contributed by atoms with van der Waals surface area (Å²) in [7, 11) is 1.87. The molecule has 0 aromatic rings. The highest BCUT2D eigenvalue weighted by atomic mass is 16.5. The summed E-state index contributed by atoms with van der Waals surface area (Å²) in [4.78, 5) is 12.3. The lowest BCUT2D eigenvalue weighted by Gasteiger charge is -2.33. The van der Waals surface area contributed by atoms with Crippen molar-refractivity contribution < 1.29 is 19.0 Å². The van der Waals surface area contributed by atoms with Gasteiger partial charge in [-0.2, -0.15) is 0 Å². The van der Waals surface area contributed by atoms with Crippen LogP contribution in [0.4, 0.5) is 0 Å². The fourth-order valence-corrected chi connectivity index (χ4v) is 3.65. The Hall–Kier alpha value is -0.650. The molecule has 2 rings (SSSR count). The Labute approximate surface area is 127 Å². The lowest BCUT2D eigenvalue weighted by molar-refractivity contribution is -0.153. The SMILES string of the molecule is CCOC(=O)C1(NC)CCCC1CCOC1CCOCC1. The first-order valence-corrected chi connectivity index (χ1v) is 8.28. The van der Waals surface area contributed by atoms with Gasteiger partial charge in [-0.25, -0.2) is 0 Å². The number of carbonyl (C=O) groups excluding carboxylic acids is 1. The second-order valence-electron chi connectivity index (χ2n) is 6.00. The fourth-order valence-electron chi connectivity index (χ4n) is 3.65. The predicted octanol–water partition coefficient (Wildman–Crippen LogP) is 1.89. The minimum absolute atomic E-state index is 0.0962. The summed E-state index contributed by atoms with van der Waals surface area (Å²) in [5.74, 6) is 0.211. The fraction of sp³-hybridized carbons (Fsp3) is 0.938. The Balaban J connectivity index is 1.83. The first kappa shape index (κ1) is 16.7. The third-order valence-corrected chi connectivity index (χ3v) is 4.89. The highest BCUT2D eigenvalue weighted by Gasteiger charge is 2.48. The molecule has 0 amide bonds. The van der Waals surface area contributed by atoms with Crippen molar-refractivity contribution in [3.63, 3.8) is 0 Å². The van der Waals surface area contributed by atoms with Crippen molar-refractivity contribution in [1.82, 2.24) is 5.32 Å². The van der Waals surface area contributed by atoms with Gasteiger partial charge in [-0.15, -0.1) is 0 Å². The molecule has 0 bridgehead atoms. The molecule has 21 heavy (non-hydrogen) atoms. The normalized spacial score (nSPS) is 30.5. The zero-order chi connectivity index (χ0) is 15.1. The van der Waals surface area contributed by atoms with Gasteiger partial charge in [0.25, 0.3) is 0 Å². The van der Waals surface area contributed by atoms with E-state index < -0.39 is 5.54 Å². The summed E-state index contributed by atoms with van der Waals surface area (Å²) in [6, 6.07) is 0. The number of nitrogens with one attached hydrogen (secondary N) is 1. The molecule has 0 radical (unpaired) electrons. The Bertz CT molecular complexity index is 330. The molecule has 0 spiro atoms. The van der Waals surface area contributed by atoms with E-state index in [1.807, 2.05) is 14.0 Å². The van der Waals surface area contributed by atoms with Crippen LogP contribution in [0.25, 0.3) is 0 Å². The Morgan fingerprint density at radius 1 is 1.33 bits per heavy atom. The van der Waals surface area contributed by atoms with Crippen LogP contribution in [0.5, 0.6) is 0 Å². The number of likely N-dealkylation sites (N-methyl/N-ethyl adjacent to an activating group) is 1. The van der Waals surface area contributed by atoms with Crippen LogP contribution in [0.1, 0.15) is 45.4 Å². The van der Waals surface area contributed by atoms with Gasteiger partial charge in [0.2, 0.25) is 0 Å². The topological polar surface area (TPSA) is 56.8 Å². The molecule has 2 unspecified atom stereocenters. The molecular formula is C16H29NO4. The summed E-state index contributed by atoms with van der Waals surface area (Å²) in [5, 5.41) is 3.25. The van der Waals surface area contributed by atoms with Crippen LogP contribution >= 0.6 is 0 Å². The van der Waals surface area contributed by atoms with Gasteiger partial charge in [-0.05, 0) is 52.0 Å². The van der Waals surface area contributed by atoms with E-state index >= 15 is 0 Å². The number of ether oxygens (including phenoxy) is 3. The van der Waals surface area contributed by atoms with Gasteiger partial charge < -0.3 is 19.5 Å². The van der Waals surface area contributed by atoms with Crippen molar-refractivity contribution >= 4 is 5.97 Å². The second-order valence-corrected chi connectivity index (χ2v) is 6.00. The van der Waals surface area contributed by atoms with E-state index in [-0.39, 0.29) is 5.97 Å². The van der Waals surface area contributed by atoms with Gasteiger partial charge in [0, 0.05) is 19.8 Å². The quantitative estimate of drug-likeness (QED) is 0.728. The summed E-state index contributed by atoms with van der Waals surface area (Å²) in [5.41, 5.74) is -0.505. The Morgan fingerprint density at radius 2 is 2.10 bits per heavy atom. The Morgan fingerprint density at radius 3 is 2.76 bits per heavy atom. The van der Waals surface area contributed by atoms with E-state index in [0.717, 1.165) is 58.3 Å². The largest absolute Gasteiger partial charge is 0.465 e. The minimum atomic E-state index is -0.505. The molecule has 5 heteroatoms. The molecule has 0 aromatic heterocycles. The molecule has 0 aromatic carbocycles. The molecule has 2 fully saturated rings. The standard InChI is InChI=1S/C16H29NO4/c1-3-20-15(18)16(17-2)9-4-5-13(16)6-12-21-14-7-10-19-11-8-14/h13-14,17H,3-12H2,1-2H3. The maximum absolute atomic E-state index is 12.3. The maximum Gasteiger partial charge on any atom is 0.326 e. The van der Waals surface area contributed by atoms with Crippen LogP contribution in [-0.4, -0.2) is 51.1 Å². The number of esters is 1. The summed E-state index contributed by atoms with van der Waals surface area (Å²) >= 11 is 0. The van der Waals surface area contributed by atoms with Crippen molar-refractivity contribution in [2.24, 2.45) is 5.92 Å². The summed E-state index contributed by atoms with van der Waals surface area (Å²) in [6.07, 6.45) is 6.21. The summed E-state index contributed by atoms with van der Waals surface area (Å²) in [6.45, 7) is 4.62. The van der Waals surface area contributed by atoms with E-state index in [4.69, 9.17) is 14.2 Å². The highest BCUT2D eigenvalue weighted by Crippen LogP contribution is 2.38. The van der Waals surface area contributed by atoms with Gasteiger partial charge in [0.1, 0.15) is 5.54 Å². The molecule has 2 aliphatic rings. The van der Waals surface area contributed by atoms with E-state index in [0.29, 0.717) is 18.6 Å². The van der Waals surface area contributed by atoms with Gasteiger partial charge in [-0.1, -0.05) is 6.42 Å². The number of hydrogen-bond acceptors (Lipinski definition) is 5. The summed E-state index contributed by atoms with van der Waals surface area (Å²) < 4.78 is 16.6. The van der Waals surface area contributed by atoms with Crippen molar-refractivity contribution in [3.05, 3.63) is 0 Å². The Kier molecular flexibility index (Phi) is 6.45. The van der Waals surface area contributed by atoms with Crippen LogP contribution in [0.3, 0.4) is 0 Å². The monoisotopic (exact) mass is 299 g/mol. The van der Waals surface area contributed by atoms with Crippen LogP contribution in [0.15, 0.2) is 0 Å². The van der Waals surface area contributed by atoms with Gasteiger partial charge in [0.15, 0.2) is 0 Å². The van der Waals surface area contributed by atoms with Crippen LogP contribution in [0, 0.1) is 5.92 Å². The lowest BCUT2D eigenvalue weighted by Crippen LogP contribution is -2.54.